The molecular weight excluding hydrogens is 432 g/mol. The smallest absolute Gasteiger partial charge is 0.237 e. The molecule has 2 aromatic rings. The van der Waals surface area contributed by atoms with Crippen LogP contribution in [0.3, 0.4) is 0 Å². The predicted octanol–water partition coefficient (Wildman–Crippen LogP) is 3.30. The molecule has 1 aromatic heterocycles. The molecule has 2 amide bonds. The van der Waals surface area contributed by atoms with Gasteiger partial charge < -0.3 is 9.47 Å². The van der Waals surface area contributed by atoms with Crippen molar-refractivity contribution >= 4 is 23.3 Å². The summed E-state index contributed by atoms with van der Waals surface area (Å²) in [5.74, 6) is 3.01. The van der Waals surface area contributed by atoms with Crippen molar-refractivity contribution in [1.82, 2.24) is 4.98 Å². The lowest BCUT2D eigenvalue weighted by molar-refractivity contribution is -0.138. The number of amides is 2. The van der Waals surface area contributed by atoms with Crippen molar-refractivity contribution in [2.24, 2.45) is 40.9 Å². The molecule has 34 heavy (non-hydrogen) atoms. The van der Waals surface area contributed by atoms with Crippen LogP contribution in [0.4, 0.5) is 5.69 Å². The highest BCUT2D eigenvalue weighted by molar-refractivity contribution is 6.18. The number of nitrogens with zero attached hydrogens (tertiary/aromatic N) is 2. The Morgan fingerprint density at radius 2 is 1.94 bits per heavy atom. The second-order valence-corrected chi connectivity index (χ2v) is 10.2. The summed E-state index contributed by atoms with van der Waals surface area (Å²) in [6.45, 7) is -0.141. The molecule has 2 heterocycles. The number of carbonyl (C=O) groups is 3. The molecule has 5 aliphatic rings. The molecule has 1 saturated heterocycles. The highest BCUT2D eigenvalue weighted by Gasteiger charge is 2.86. The average molecular weight is 456 g/mol. The number of hydrogen-bond acceptors (Lipinski definition) is 6. The Hall–Kier alpha value is -3.48. The number of Topliss-reactive ketones (excluding diaryl/α,β-unsaturated/α-hetero) is 1. The Morgan fingerprint density at radius 3 is 2.68 bits per heavy atom. The van der Waals surface area contributed by atoms with Crippen LogP contribution in [0.1, 0.15) is 23.2 Å². The minimum Gasteiger partial charge on any atom is -0.485 e. The summed E-state index contributed by atoms with van der Waals surface area (Å²) in [6.07, 6.45) is 7.66. The quantitative estimate of drug-likeness (QED) is 0.377. The van der Waals surface area contributed by atoms with Crippen LogP contribution in [0.15, 0.2) is 54.7 Å². The first kappa shape index (κ1) is 19.9. The maximum absolute atomic E-state index is 13.5. The van der Waals surface area contributed by atoms with E-state index in [2.05, 4.69) is 17.1 Å². The molecule has 0 bridgehead atoms. The first-order valence-electron chi connectivity index (χ1n) is 11.8. The van der Waals surface area contributed by atoms with Crippen molar-refractivity contribution in [3.8, 4) is 11.6 Å². The van der Waals surface area contributed by atoms with Crippen molar-refractivity contribution in [2.45, 2.75) is 12.8 Å². The highest BCUT2D eigenvalue weighted by atomic mass is 16.5. The van der Waals surface area contributed by atoms with E-state index in [0.717, 1.165) is 12.3 Å². The molecule has 7 heteroatoms. The molecule has 0 N–H and O–H groups in total. The van der Waals surface area contributed by atoms with Gasteiger partial charge in [0.2, 0.25) is 23.5 Å². The number of anilines is 1. The van der Waals surface area contributed by atoms with Gasteiger partial charge in [-0.2, -0.15) is 0 Å². The summed E-state index contributed by atoms with van der Waals surface area (Å²) in [7, 11) is 1.51. The standard InChI is InChI=1S/C27H24N2O5/c1-33-21-9-3-15(12-28-21)20(30)13-34-17-6-4-16(5-7-17)29-22(31)10-19-23(26(29)32)18-8-2-14-11-27(19)24(14)25(18)27/h2-9,12,14,18-19,23-25H,10-11,13H2,1H3. The van der Waals surface area contributed by atoms with Crippen molar-refractivity contribution in [1.29, 1.82) is 0 Å². The van der Waals surface area contributed by atoms with Gasteiger partial charge in [0.15, 0.2) is 6.61 Å². The van der Waals surface area contributed by atoms with E-state index in [1.165, 1.54) is 18.2 Å². The third-order valence-corrected chi connectivity index (χ3v) is 8.98. The third kappa shape index (κ3) is 2.47. The molecule has 7 atom stereocenters. The first-order valence-corrected chi connectivity index (χ1v) is 11.8. The number of methoxy groups -OCH3 is 1. The third-order valence-electron chi connectivity index (χ3n) is 8.98. The van der Waals surface area contributed by atoms with Gasteiger partial charge in [-0.15, -0.1) is 0 Å². The summed E-state index contributed by atoms with van der Waals surface area (Å²) in [5, 5.41) is 0. The number of imide groups is 1. The van der Waals surface area contributed by atoms with E-state index in [9.17, 15) is 14.4 Å². The minimum absolute atomic E-state index is 0.0579. The fraction of sp³-hybridized carbons (Fsp3) is 0.407. The Morgan fingerprint density at radius 1 is 1.12 bits per heavy atom. The van der Waals surface area contributed by atoms with Gasteiger partial charge in [-0.3, -0.25) is 19.3 Å². The number of pyridine rings is 1. The molecule has 1 aliphatic heterocycles. The SMILES string of the molecule is COc1ccc(C(=O)COc2ccc(N3C(=O)CC4C(C3=O)C3C=CC5CC46C5C36)cc2)cn1. The van der Waals surface area contributed by atoms with E-state index < -0.39 is 0 Å². The zero-order valence-corrected chi connectivity index (χ0v) is 18.7. The molecule has 7 unspecified atom stereocenters. The lowest BCUT2D eigenvalue weighted by Gasteiger charge is -2.46. The maximum atomic E-state index is 13.5. The Balaban J connectivity index is 1.05. The molecule has 7 nitrogen and oxygen atoms in total. The second kappa shape index (κ2) is 6.78. The van der Waals surface area contributed by atoms with Gasteiger partial charge in [0, 0.05) is 30.2 Å². The summed E-state index contributed by atoms with van der Waals surface area (Å²) in [5.41, 5.74) is 1.26. The van der Waals surface area contributed by atoms with Crippen LogP contribution in [0.2, 0.25) is 0 Å². The van der Waals surface area contributed by atoms with Crippen LogP contribution in [0.25, 0.3) is 0 Å². The molecular formula is C27H24N2O5. The number of ketones is 1. The summed E-state index contributed by atoms with van der Waals surface area (Å²) in [6, 6.07) is 10.1. The summed E-state index contributed by atoms with van der Waals surface area (Å²) < 4.78 is 10.6. The number of rotatable bonds is 6. The minimum atomic E-state index is -0.206. The van der Waals surface area contributed by atoms with Crippen LogP contribution in [0, 0.1) is 40.9 Å². The first-order chi connectivity index (χ1) is 16.5. The van der Waals surface area contributed by atoms with Gasteiger partial charge in [-0.25, -0.2) is 4.98 Å². The molecule has 4 aliphatic carbocycles. The van der Waals surface area contributed by atoms with E-state index in [4.69, 9.17) is 9.47 Å². The van der Waals surface area contributed by atoms with Crippen LogP contribution in [0.5, 0.6) is 11.6 Å². The summed E-state index contributed by atoms with van der Waals surface area (Å²) >= 11 is 0. The van der Waals surface area contributed by atoms with Gasteiger partial charge in [0.1, 0.15) is 5.75 Å². The highest BCUT2D eigenvalue weighted by Crippen LogP contribution is 2.88. The average Bonchev–Trinajstić information content (AvgIpc) is 3.35. The zero-order valence-electron chi connectivity index (χ0n) is 18.7. The topological polar surface area (TPSA) is 85.8 Å². The van der Waals surface area contributed by atoms with Crippen LogP contribution >= 0.6 is 0 Å². The molecule has 1 spiro atoms. The van der Waals surface area contributed by atoms with Gasteiger partial charge >= 0.3 is 0 Å². The van der Waals surface area contributed by atoms with Crippen molar-refractivity contribution in [3.05, 3.63) is 60.3 Å². The van der Waals surface area contributed by atoms with Gasteiger partial charge in [0.05, 0.1) is 12.8 Å². The number of hydrogen-bond donors (Lipinski definition) is 0. The van der Waals surface area contributed by atoms with Crippen molar-refractivity contribution in [2.75, 3.05) is 18.6 Å². The Kier molecular flexibility index (Phi) is 3.98. The fourth-order valence-corrected chi connectivity index (χ4v) is 7.67. The molecule has 1 aromatic carbocycles. The van der Waals surface area contributed by atoms with Gasteiger partial charge in [0.25, 0.3) is 0 Å². The van der Waals surface area contributed by atoms with Crippen molar-refractivity contribution < 1.29 is 23.9 Å². The number of benzene rings is 1. The molecule has 4 fully saturated rings. The van der Waals surface area contributed by atoms with E-state index in [0.29, 0.717) is 41.1 Å². The van der Waals surface area contributed by atoms with E-state index in [1.54, 1.807) is 36.4 Å². The number of carbonyl (C=O) groups excluding carboxylic acids is 3. The maximum Gasteiger partial charge on any atom is 0.237 e. The summed E-state index contributed by atoms with van der Waals surface area (Å²) in [4.78, 5) is 44.4. The number of allylic oxidation sites excluding steroid dienone is 2. The number of piperidine rings is 1. The largest absolute Gasteiger partial charge is 0.485 e. The molecule has 7 rings (SSSR count). The fourth-order valence-electron chi connectivity index (χ4n) is 7.67. The Bertz CT molecular complexity index is 1250. The zero-order chi connectivity index (χ0) is 23.2. The number of aromatic nitrogens is 1. The Labute approximate surface area is 196 Å². The van der Waals surface area contributed by atoms with E-state index in [-0.39, 0.29) is 47.4 Å². The van der Waals surface area contributed by atoms with E-state index >= 15 is 0 Å². The monoisotopic (exact) mass is 456 g/mol. The molecule has 3 saturated carbocycles. The van der Waals surface area contributed by atoms with Gasteiger partial charge in [-0.1, -0.05) is 12.2 Å². The van der Waals surface area contributed by atoms with Crippen LogP contribution in [-0.2, 0) is 9.59 Å². The van der Waals surface area contributed by atoms with E-state index in [1.807, 2.05) is 0 Å². The molecule has 0 radical (unpaired) electrons. The lowest BCUT2D eigenvalue weighted by Crippen LogP contribution is -2.54. The predicted molar refractivity (Wildman–Crippen MR) is 121 cm³/mol. The second-order valence-electron chi connectivity index (χ2n) is 10.2. The van der Waals surface area contributed by atoms with Crippen molar-refractivity contribution in [3.63, 3.8) is 0 Å². The van der Waals surface area contributed by atoms with Crippen LogP contribution < -0.4 is 14.4 Å². The molecule has 172 valence electrons. The normalized spacial score (nSPS) is 35.9. The van der Waals surface area contributed by atoms with Gasteiger partial charge in [-0.05, 0) is 71.8 Å². The van der Waals surface area contributed by atoms with Crippen LogP contribution in [-0.4, -0.2) is 36.3 Å². The number of ether oxygens (including phenoxy) is 2. The number of fused-ring (bicyclic) bond motifs is 2. The lowest BCUT2D eigenvalue weighted by atomic mass is 9.60.